The molecule has 1 aliphatic heterocycles. The van der Waals surface area contributed by atoms with Gasteiger partial charge in [-0.1, -0.05) is 19.8 Å². The van der Waals surface area contributed by atoms with Crippen molar-refractivity contribution >= 4 is 5.97 Å². The number of piperazine rings is 1. The normalized spacial score (nSPS) is 19.9. The first kappa shape index (κ1) is 17.4. The Morgan fingerprint density at radius 1 is 1.30 bits per heavy atom. The van der Waals surface area contributed by atoms with Crippen LogP contribution in [0.4, 0.5) is 0 Å². The summed E-state index contributed by atoms with van der Waals surface area (Å²) in [7, 11) is 1.46. The van der Waals surface area contributed by atoms with Gasteiger partial charge in [0.2, 0.25) is 0 Å². The molecule has 1 rings (SSSR count). The van der Waals surface area contributed by atoms with E-state index in [9.17, 15) is 9.90 Å². The number of methoxy groups -OCH3 is 1. The van der Waals surface area contributed by atoms with Crippen molar-refractivity contribution in [1.82, 2.24) is 9.80 Å². The third-order valence-electron chi connectivity index (χ3n) is 3.76. The van der Waals surface area contributed by atoms with Crippen LogP contribution in [0.2, 0.25) is 0 Å². The molecule has 1 atom stereocenters. The van der Waals surface area contributed by atoms with Gasteiger partial charge in [-0.05, 0) is 20.3 Å². The summed E-state index contributed by atoms with van der Waals surface area (Å²) < 4.78 is 4.94. The maximum Gasteiger partial charge on any atom is 0.323 e. The van der Waals surface area contributed by atoms with Gasteiger partial charge in [0, 0.05) is 32.7 Å². The van der Waals surface area contributed by atoms with Crippen molar-refractivity contribution in [2.75, 3.05) is 39.8 Å². The molecule has 0 aromatic heterocycles. The number of rotatable bonds is 7. The molecule has 0 saturated carbocycles. The third-order valence-corrected chi connectivity index (χ3v) is 3.76. The molecule has 0 aromatic rings. The van der Waals surface area contributed by atoms with Crippen molar-refractivity contribution in [2.45, 2.75) is 51.7 Å². The number of esters is 1. The molecule has 5 heteroatoms. The number of hydrogen-bond acceptors (Lipinski definition) is 5. The molecule has 1 heterocycles. The second-order valence-corrected chi connectivity index (χ2v) is 6.31. The lowest BCUT2D eigenvalue weighted by Gasteiger charge is -2.39. The molecule has 0 radical (unpaired) electrons. The minimum atomic E-state index is -0.661. The number of aliphatic hydroxyl groups is 1. The van der Waals surface area contributed by atoms with Crippen LogP contribution in [0.5, 0.6) is 0 Å². The Kier molecular flexibility index (Phi) is 6.92. The molecule has 1 aliphatic rings. The number of ether oxygens (including phenoxy) is 1. The first-order valence-corrected chi connectivity index (χ1v) is 7.64. The Hall–Kier alpha value is -0.650. The molecule has 1 fully saturated rings. The molecule has 0 aromatic carbocycles. The highest BCUT2D eigenvalue weighted by atomic mass is 16.5. The maximum absolute atomic E-state index is 11.9. The number of nitrogens with zero attached hydrogens (tertiary/aromatic N) is 2. The Morgan fingerprint density at radius 3 is 2.35 bits per heavy atom. The summed E-state index contributed by atoms with van der Waals surface area (Å²) in [4.78, 5) is 16.4. The number of unbranched alkanes of at least 4 members (excludes halogenated alkanes) is 1. The number of hydrogen-bond donors (Lipinski definition) is 1. The largest absolute Gasteiger partial charge is 0.468 e. The number of carbonyl (C=O) groups excluding carboxylic acids is 1. The second-order valence-electron chi connectivity index (χ2n) is 6.31. The molecular weight excluding hydrogens is 256 g/mol. The van der Waals surface area contributed by atoms with Crippen LogP contribution >= 0.6 is 0 Å². The van der Waals surface area contributed by atoms with Crippen molar-refractivity contribution in [2.24, 2.45) is 0 Å². The molecule has 1 N–H and O–H groups in total. The topological polar surface area (TPSA) is 53.0 Å². The zero-order valence-electron chi connectivity index (χ0n) is 13.4. The van der Waals surface area contributed by atoms with Crippen LogP contribution in [0.15, 0.2) is 0 Å². The predicted octanol–water partition coefficient (Wildman–Crippen LogP) is 1.11. The molecule has 0 aliphatic carbocycles. The highest BCUT2D eigenvalue weighted by Crippen LogP contribution is 2.15. The molecule has 1 saturated heterocycles. The summed E-state index contributed by atoms with van der Waals surface area (Å²) in [5.41, 5.74) is -0.661. The van der Waals surface area contributed by atoms with E-state index in [0.717, 1.165) is 45.4 Å². The van der Waals surface area contributed by atoms with E-state index in [0.29, 0.717) is 6.54 Å². The van der Waals surface area contributed by atoms with E-state index in [1.807, 2.05) is 13.8 Å². The van der Waals surface area contributed by atoms with Gasteiger partial charge in [-0.15, -0.1) is 0 Å². The molecule has 5 nitrogen and oxygen atoms in total. The summed E-state index contributed by atoms with van der Waals surface area (Å²) in [5.74, 6) is -0.116. The Balaban J connectivity index is 2.49. The summed E-state index contributed by atoms with van der Waals surface area (Å²) in [6.07, 6.45) is 3.00. The molecule has 118 valence electrons. The van der Waals surface area contributed by atoms with E-state index in [4.69, 9.17) is 4.74 Å². The van der Waals surface area contributed by atoms with E-state index in [1.54, 1.807) is 0 Å². The van der Waals surface area contributed by atoms with Gasteiger partial charge in [-0.25, -0.2) is 0 Å². The monoisotopic (exact) mass is 286 g/mol. The Labute approximate surface area is 122 Å². The summed E-state index contributed by atoms with van der Waals surface area (Å²) in [5, 5.41) is 9.86. The fourth-order valence-corrected chi connectivity index (χ4v) is 2.76. The molecule has 0 spiro atoms. The quantitative estimate of drug-likeness (QED) is 0.711. The van der Waals surface area contributed by atoms with Gasteiger partial charge in [0.15, 0.2) is 0 Å². The Bertz CT molecular complexity index is 294. The van der Waals surface area contributed by atoms with Crippen molar-refractivity contribution in [3.8, 4) is 0 Å². The minimum Gasteiger partial charge on any atom is -0.468 e. The van der Waals surface area contributed by atoms with E-state index in [1.165, 1.54) is 7.11 Å². The van der Waals surface area contributed by atoms with Gasteiger partial charge in [0.25, 0.3) is 0 Å². The van der Waals surface area contributed by atoms with Crippen LogP contribution in [0.3, 0.4) is 0 Å². The van der Waals surface area contributed by atoms with Crippen molar-refractivity contribution in [3.63, 3.8) is 0 Å². The van der Waals surface area contributed by atoms with Gasteiger partial charge in [-0.2, -0.15) is 0 Å². The van der Waals surface area contributed by atoms with Gasteiger partial charge < -0.3 is 9.84 Å². The van der Waals surface area contributed by atoms with E-state index in [-0.39, 0.29) is 12.0 Å². The summed E-state index contributed by atoms with van der Waals surface area (Å²) in [6, 6.07) is -0.107. The van der Waals surface area contributed by atoms with Gasteiger partial charge in [0.05, 0.1) is 12.7 Å². The van der Waals surface area contributed by atoms with Crippen molar-refractivity contribution in [1.29, 1.82) is 0 Å². The van der Waals surface area contributed by atoms with Crippen LogP contribution < -0.4 is 0 Å². The highest BCUT2D eigenvalue weighted by Gasteiger charge is 2.30. The second kappa shape index (κ2) is 7.96. The SMILES string of the molecule is CCCCC(C(=O)OC)N1CCN(CC(C)(C)O)CC1. The first-order valence-electron chi connectivity index (χ1n) is 7.64. The lowest BCUT2D eigenvalue weighted by atomic mass is 10.1. The lowest BCUT2D eigenvalue weighted by molar-refractivity contribution is -0.148. The molecule has 20 heavy (non-hydrogen) atoms. The van der Waals surface area contributed by atoms with E-state index < -0.39 is 5.60 Å². The number of carbonyl (C=O) groups is 1. The van der Waals surface area contributed by atoms with Crippen molar-refractivity contribution < 1.29 is 14.6 Å². The minimum absolute atomic E-state index is 0.107. The van der Waals surface area contributed by atoms with Crippen LogP contribution in [0.1, 0.15) is 40.0 Å². The Morgan fingerprint density at radius 2 is 1.90 bits per heavy atom. The third kappa shape index (κ3) is 5.77. The molecule has 0 bridgehead atoms. The molecule has 0 amide bonds. The van der Waals surface area contributed by atoms with E-state index in [2.05, 4.69) is 16.7 Å². The molecular formula is C15H30N2O3. The van der Waals surface area contributed by atoms with Gasteiger partial charge in [-0.3, -0.25) is 14.6 Å². The summed E-state index contributed by atoms with van der Waals surface area (Å²) in [6.45, 7) is 9.98. The van der Waals surface area contributed by atoms with Crippen LogP contribution in [-0.4, -0.2) is 72.4 Å². The standard InChI is InChI=1S/C15H30N2O3/c1-5-6-7-13(14(18)20-4)17-10-8-16(9-11-17)12-15(2,3)19/h13,19H,5-12H2,1-4H3. The molecule has 1 unspecified atom stereocenters. The summed E-state index contributed by atoms with van der Waals surface area (Å²) >= 11 is 0. The first-order chi connectivity index (χ1) is 9.37. The number of β-amino-alcohol motifs (C(OH)–C–C–N with tert-alkyl or cyclic N) is 1. The smallest absolute Gasteiger partial charge is 0.323 e. The predicted molar refractivity (Wildman–Crippen MR) is 79.6 cm³/mol. The highest BCUT2D eigenvalue weighted by molar-refractivity contribution is 5.75. The fourth-order valence-electron chi connectivity index (χ4n) is 2.76. The van der Waals surface area contributed by atoms with Crippen molar-refractivity contribution in [3.05, 3.63) is 0 Å². The fraction of sp³-hybridized carbons (Fsp3) is 0.933. The van der Waals surface area contributed by atoms with Crippen LogP contribution in [0.25, 0.3) is 0 Å². The maximum atomic E-state index is 11.9. The zero-order valence-corrected chi connectivity index (χ0v) is 13.4. The van der Waals surface area contributed by atoms with Crippen LogP contribution in [0, 0.1) is 0 Å². The van der Waals surface area contributed by atoms with Crippen LogP contribution in [-0.2, 0) is 9.53 Å². The van der Waals surface area contributed by atoms with E-state index >= 15 is 0 Å². The van der Waals surface area contributed by atoms with Gasteiger partial charge >= 0.3 is 5.97 Å². The average Bonchev–Trinajstić information content (AvgIpc) is 2.38. The zero-order chi connectivity index (χ0) is 15.2. The van der Waals surface area contributed by atoms with Gasteiger partial charge in [0.1, 0.15) is 6.04 Å². The average molecular weight is 286 g/mol. The lowest BCUT2D eigenvalue weighted by Crippen LogP contribution is -2.55.